The molecule has 0 saturated heterocycles. The lowest BCUT2D eigenvalue weighted by atomic mass is 10.0. The van der Waals surface area contributed by atoms with E-state index in [2.05, 4.69) is 10.2 Å². The van der Waals surface area contributed by atoms with Crippen molar-refractivity contribution in [1.82, 2.24) is 10.2 Å². The summed E-state index contributed by atoms with van der Waals surface area (Å²) in [6, 6.07) is 5.07. The summed E-state index contributed by atoms with van der Waals surface area (Å²) in [7, 11) is 4.03. The Hall–Kier alpha value is -2.41. The average molecular weight is 389 g/mol. The fraction of sp³-hybridized carbons (Fsp3) is 0.571. The van der Waals surface area contributed by atoms with Crippen molar-refractivity contribution < 1.29 is 19.1 Å². The molecule has 2 rings (SSSR count). The molecule has 0 aromatic heterocycles. The summed E-state index contributed by atoms with van der Waals surface area (Å²) < 4.78 is 5.65. The highest BCUT2D eigenvalue weighted by atomic mass is 16.5. The molecule has 1 aromatic rings. The minimum atomic E-state index is -0.669. The third-order valence-corrected chi connectivity index (χ3v) is 4.62. The number of nitrogens with one attached hydrogen (secondary N) is 1. The number of benzene rings is 1. The zero-order valence-electron chi connectivity index (χ0n) is 17.3. The summed E-state index contributed by atoms with van der Waals surface area (Å²) >= 11 is 0. The highest BCUT2D eigenvalue weighted by Gasteiger charge is 2.33. The number of fused-ring (bicyclic) bond motifs is 1. The maximum absolute atomic E-state index is 12.6. The number of anilines is 1. The third kappa shape index (κ3) is 5.79. The van der Waals surface area contributed by atoms with Crippen molar-refractivity contribution in [3.8, 4) is 5.75 Å². The lowest BCUT2D eigenvalue weighted by Crippen LogP contribution is -2.49. The van der Waals surface area contributed by atoms with E-state index in [0.717, 1.165) is 25.8 Å². The molecule has 0 fully saturated rings. The summed E-state index contributed by atoms with van der Waals surface area (Å²) in [5.74, 6) is 0.0273. The number of unbranched alkanes of at least 4 members (excludes halogenated alkanes) is 1. The SMILES string of the molecule is CCCC(=O)c1ccc2c(c1)N(CC(=O)NCCCCN(C)C)C(=O)C(C)O2. The Morgan fingerprint density at radius 3 is 2.68 bits per heavy atom. The van der Waals surface area contributed by atoms with Gasteiger partial charge in [0.25, 0.3) is 5.91 Å². The van der Waals surface area contributed by atoms with E-state index >= 15 is 0 Å². The predicted molar refractivity (Wildman–Crippen MR) is 109 cm³/mol. The topological polar surface area (TPSA) is 79.0 Å². The van der Waals surface area contributed by atoms with Crippen molar-refractivity contribution in [2.45, 2.75) is 45.6 Å². The maximum Gasteiger partial charge on any atom is 0.268 e. The van der Waals surface area contributed by atoms with Crippen LogP contribution >= 0.6 is 0 Å². The molecule has 154 valence electrons. The Kier molecular flexibility index (Phi) is 7.99. The van der Waals surface area contributed by atoms with Crippen molar-refractivity contribution in [2.24, 2.45) is 0 Å². The summed E-state index contributed by atoms with van der Waals surface area (Å²) in [5, 5.41) is 2.87. The molecule has 0 bridgehead atoms. The number of carbonyl (C=O) groups excluding carboxylic acids is 3. The van der Waals surface area contributed by atoms with Gasteiger partial charge in [0.05, 0.1) is 5.69 Å². The molecule has 1 unspecified atom stereocenters. The van der Waals surface area contributed by atoms with Crippen molar-refractivity contribution in [3.63, 3.8) is 0 Å². The van der Waals surface area contributed by atoms with E-state index in [1.807, 2.05) is 21.0 Å². The number of Topliss-reactive ketones (excluding diaryl/α,β-unsaturated/α-hetero) is 1. The number of rotatable bonds is 10. The lowest BCUT2D eigenvalue weighted by molar-refractivity contribution is -0.128. The highest BCUT2D eigenvalue weighted by molar-refractivity contribution is 6.05. The van der Waals surface area contributed by atoms with E-state index in [4.69, 9.17) is 4.74 Å². The number of carbonyl (C=O) groups is 3. The molecule has 2 amide bonds. The van der Waals surface area contributed by atoms with Gasteiger partial charge in [-0.15, -0.1) is 0 Å². The number of nitrogens with zero attached hydrogens (tertiary/aromatic N) is 2. The normalized spacial score (nSPS) is 16.0. The van der Waals surface area contributed by atoms with Crippen LogP contribution in [-0.4, -0.2) is 62.3 Å². The van der Waals surface area contributed by atoms with E-state index in [-0.39, 0.29) is 24.1 Å². The molecule has 1 heterocycles. The van der Waals surface area contributed by atoms with Crippen molar-refractivity contribution in [1.29, 1.82) is 0 Å². The number of hydrogen-bond donors (Lipinski definition) is 1. The van der Waals surface area contributed by atoms with E-state index in [0.29, 0.717) is 30.0 Å². The lowest BCUT2D eigenvalue weighted by Gasteiger charge is -2.32. The van der Waals surface area contributed by atoms with Gasteiger partial charge in [-0.05, 0) is 65.0 Å². The van der Waals surface area contributed by atoms with Crippen LogP contribution < -0.4 is 15.0 Å². The minimum Gasteiger partial charge on any atom is -0.479 e. The first-order valence-corrected chi connectivity index (χ1v) is 9.90. The first kappa shape index (κ1) is 21.9. The minimum absolute atomic E-state index is 0.0154. The monoisotopic (exact) mass is 389 g/mol. The van der Waals surface area contributed by atoms with Crippen molar-refractivity contribution in [2.75, 3.05) is 38.6 Å². The first-order chi connectivity index (χ1) is 13.3. The van der Waals surface area contributed by atoms with Crippen LogP contribution in [0.3, 0.4) is 0 Å². The largest absolute Gasteiger partial charge is 0.479 e. The maximum atomic E-state index is 12.6. The van der Waals surface area contributed by atoms with Crippen LogP contribution in [0.25, 0.3) is 0 Å². The number of ether oxygens (including phenoxy) is 1. The Labute approximate surface area is 167 Å². The average Bonchev–Trinajstić information content (AvgIpc) is 2.64. The van der Waals surface area contributed by atoms with Crippen molar-refractivity contribution in [3.05, 3.63) is 23.8 Å². The molecular weight excluding hydrogens is 358 g/mol. The molecule has 1 N–H and O–H groups in total. The number of amides is 2. The van der Waals surface area contributed by atoms with Crippen LogP contribution in [0.4, 0.5) is 5.69 Å². The Bertz CT molecular complexity index is 718. The van der Waals surface area contributed by atoms with Crippen LogP contribution in [0.5, 0.6) is 5.75 Å². The van der Waals surface area contributed by atoms with Crippen LogP contribution in [0.2, 0.25) is 0 Å². The van der Waals surface area contributed by atoms with Gasteiger partial charge in [0, 0.05) is 18.5 Å². The van der Waals surface area contributed by atoms with Gasteiger partial charge in [-0.25, -0.2) is 0 Å². The quantitative estimate of drug-likeness (QED) is 0.490. The Morgan fingerprint density at radius 2 is 2.00 bits per heavy atom. The molecule has 7 heteroatoms. The molecule has 0 aliphatic carbocycles. The molecule has 7 nitrogen and oxygen atoms in total. The summed E-state index contributed by atoms with van der Waals surface area (Å²) in [6.45, 7) is 5.06. The third-order valence-electron chi connectivity index (χ3n) is 4.62. The molecule has 0 saturated carbocycles. The zero-order chi connectivity index (χ0) is 20.7. The summed E-state index contributed by atoms with van der Waals surface area (Å²) in [4.78, 5) is 40.7. The van der Waals surface area contributed by atoms with Gasteiger partial charge >= 0.3 is 0 Å². The second kappa shape index (κ2) is 10.2. The van der Waals surface area contributed by atoms with Crippen LogP contribution in [0, 0.1) is 0 Å². The first-order valence-electron chi connectivity index (χ1n) is 9.90. The fourth-order valence-electron chi connectivity index (χ4n) is 3.10. The fourth-order valence-corrected chi connectivity index (χ4v) is 3.10. The number of hydrogen-bond acceptors (Lipinski definition) is 5. The summed E-state index contributed by atoms with van der Waals surface area (Å²) in [6.07, 6.45) is 2.40. The molecule has 1 atom stereocenters. The Morgan fingerprint density at radius 1 is 1.25 bits per heavy atom. The molecule has 1 aromatic carbocycles. The van der Waals surface area contributed by atoms with Crippen LogP contribution in [0.15, 0.2) is 18.2 Å². The predicted octanol–water partition coefficient (Wildman–Crippen LogP) is 2.24. The Balaban J connectivity index is 2.06. The van der Waals surface area contributed by atoms with Crippen LogP contribution in [-0.2, 0) is 9.59 Å². The molecule has 0 spiro atoms. The van der Waals surface area contributed by atoms with E-state index in [1.54, 1.807) is 25.1 Å². The van der Waals surface area contributed by atoms with Crippen LogP contribution in [0.1, 0.15) is 49.9 Å². The summed E-state index contributed by atoms with van der Waals surface area (Å²) in [5.41, 5.74) is 1.01. The molecule has 28 heavy (non-hydrogen) atoms. The second-order valence-corrected chi connectivity index (χ2v) is 7.40. The molecule has 1 aliphatic rings. The molecule has 0 radical (unpaired) electrons. The van der Waals surface area contributed by atoms with Gasteiger partial charge in [0.15, 0.2) is 11.9 Å². The van der Waals surface area contributed by atoms with E-state index in [9.17, 15) is 14.4 Å². The van der Waals surface area contributed by atoms with Gasteiger partial charge in [0.2, 0.25) is 5.91 Å². The second-order valence-electron chi connectivity index (χ2n) is 7.40. The molecule has 1 aliphatic heterocycles. The highest BCUT2D eigenvalue weighted by Crippen LogP contribution is 2.35. The van der Waals surface area contributed by atoms with E-state index < -0.39 is 6.10 Å². The van der Waals surface area contributed by atoms with Crippen molar-refractivity contribution >= 4 is 23.3 Å². The van der Waals surface area contributed by atoms with Gasteiger partial charge in [-0.2, -0.15) is 0 Å². The van der Waals surface area contributed by atoms with E-state index in [1.165, 1.54) is 4.90 Å². The standard InChI is InChI=1S/C21H31N3O4/c1-5-8-18(25)16-9-10-19-17(13-16)24(21(27)15(2)28-19)14-20(26)22-11-6-7-12-23(3)4/h9-10,13,15H,5-8,11-12,14H2,1-4H3,(H,22,26). The zero-order valence-corrected chi connectivity index (χ0v) is 17.3. The van der Waals surface area contributed by atoms with Gasteiger partial charge < -0.3 is 15.0 Å². The number of ketones is 1. The van der Waals surface area contributed by atoms with Gasteiger partial charge in [0.1, 0.15) is 12.3 Å². The molecular formula is C21H31N3O4. The smallest absolute Gasteiger partial charge is 0.268 e. The van der Waals surface area contributed by atoms with Gasteiger partial charge in [-0.3, -0.25) is 19.3 Å². The van der Waals surface area contributed by atoms with Gasteiger partial charge in [-0.1, -0.05) is 6.92 Å².